The van der Waals surface area contributed by atoms with Crippen LogP contribution in [0.3, 0.4) is 0 Å². The summed E-state index contributed by atoms with van der Waals surface area (Å²) in [4.78, 5) is 15.7. The number of nitrogens with one attached hydrogen (secondary N) is 1. The third-order valence-corrected chi connectivity index (χ3v) is 4.53. The van der Waals surface area contributed by atoms with E-state index in [-0.39, 0.29) is 6.79 Å². The van der Waals surface area contributed by atoms with Crippen LogP contribution in [0.4, 0.5) is 5.13 Å². The minimum absolute atomic E-state index is 0.270. The lowest BCUT2D eigenvalue weighted by molar-refractivity contribution is 0.100. The van der Waals surface area contributed by atoms with Crippen molar-refractivity contribution in [2.24, 2.45) is 5.73 Å². The van der Waals surface area contributed by atoms with Gasteiger partial charge in [0.1, 0.15) is 0 Å². The number of aromatic nitrogens is 1. The second kappa shape index (κ2) is 5.44. The first-order valence-corrected chi connectivity index (χ1v) is 7.83. The number of thiazole rings is 1. The van der Waals surface area contributed by atoms with Gasteiger partial charge in [-0.1, -0.05) is 17.4 Å². The number of carbonyl (C=O) groups excluding carboxylic acids is 1. The van der Waals surface area contributed by atoms with E-state index < -0.39 is 5.91 Å². The van der Waals surface area contributed by atoms with Gasteiger partial charge < -0.3 is 20.5 Å². The van der Waals surface area contributed by atoms with Crippen LogP contribution in [0.5, 0.6) is 11.5 Å². The van der Waals surface area contributed by atoms with Crippen LogP contribution < -0.4 is 20.5 Å². The van der Waals surface area contributed by atoms with E-state index >= 15 is 0 Å². The van der Waals surface area contributed by atoms with E-state index in [1.807, 2.05) is 18.2 Å². The molecule has 7 heteroatoms. The maximum Gasteiger partial charge on any atom is 0.248 e. The average molecular weight is 327 g/mol. The fourth-order valence-electron chi connectivity index (χ4n) is 2.38. The summed E-state index contributed by atoms with van der Waals surface area (Å²) in [6, 6.07) is 11.1. The van der Waals surface area contributed by atoms with Gasteiger partial charge in [0, 0.05) is 12.1 Å². The number of carbonyl (C=O) groups is 1. The first kappa shape index (κ1) is 13.8. The number of primary amides is 1. The normalized spacial score (nSPS) is 12.5. The number of ether oxygens (including phenoxy) is 2. The van der Waals surface area contributed by atoms with Crippen molar-refractivity contribution in [3.05, 3.63) is 47.5 Å². The molecule has 0 radical (unpaired) electrons. The Kier molecular flexibility index (Phi) is 3.27. The maximum absolute atomic E-state index is 11.2. The molecule has 1 aromatic heterocycles. The second-order valence-electron chi connectivity index (χ2n) is 5.11. The highest BCUT2D eigenvalue weighted by molar-refractivity contribution is 7.22. The van der Waals surface area contributed by atoms with Gasteiger partial charge in [-0.3, -0.25) is 4.79 Å². The maximum atomic E-state index is 11.2. The molecular weight excluding hydrogens is 314 g/mol. The van der Waals surface area contributed by atoms with Gasteiger partial charge in [-0.25, -0.2) is 4.98 Å². The quantitative estimate of drug-likeness (QED) is 0.769. The molecule has 0 spiro atoms. The molecule has 4 rings (SSSR count). The van der Waals surface area contributed by atoms with Crippen molar-refractivity contribution in [2.75, 3.05) is 12.1 Å². The average Bonchev–Trinajstić information content (AvgIpc) is 3.17. The van der Waals surface area contributed by atoms with Crippen molar-refractivity contribution in [3.63, 3.8) is 0 Å². The van der Waals surface area contributed by atoms with E-state index in [1.54, 1.807) is 18.2 Å². The summed E-state index contributed by atoms with van der Waals surface area (Å²) in [7, 11) is 0. The number of anilines is 1. The number of fused-ring (bicyclic) bond motifs is 2. The largest absolute Gasteiger partial charge is 0.454 e. The van der Waals surface area contributed by atoms with Crippen molar-refractivity contribution in [3.8, 4) is 11.5 Å². The second-order valence-corrected chi connectivity index (χ2v) is 6.14. The molecule has 0 fully saturated rings. The van der Waals surface area contributed by atoms with Crippen LogP contribution in [-0.4, -0.2) is 17.7 Å². The summed E-state index contributed by atoms with van der Waals surface area (Å²) in [5, 5.41) is 4.08. The highest BCUT2D eigenvalue weighted by atomic mass is 32.1. The molecule has 23 heavy (non-hydrogen) atoms. The number of hydrogen-bond donors (Lipinski definition) is 2. The van der Waals surface area contributed by atoms with E-state index in [0.29, 0.717) is 12.1 Å². The van der Waals surface area contributed by atoms with Gasteiger partial charge in [-0.05, 0) is 35.9 Å². The lowest BCUT2D eigenvalue weighted by Crippen LogP contribution is -2.10. The van der Waals surface area contributed by atoms with E-state index in [0.717, 1.165) is 32.4 Å². The molecule has 0 saturated carbocycles. The van der Waals surface area contributed by atoms with E-state index in [2.05, 4.69) is 10.3 Å². The Bertz CT molecular complexity index is 907. The van der Waals surface area contributed by atoms with Gasteiger partial charge in [0.15, 0.2) is 16.6 Å². The summed E-state index contributed by atoms with van der Waals surface area (Å²) in [5.74, 6) is 1.10. The van der Waals surface area contributed by atoms with Crippen LogP contribution in [0.25, 0.3) is 10.2 Å². The summed E-state index contributed by atoms with van der Waals surface area (Å²) in [6.07, 6.45) is 0. The van der Waals surface area contributed by atoms with E-state index in [1.165, 1.54) is 11.3 Å². The zero-order valence-corrected chi connectivity index (χ0v) is 12.9. The molecule has 3 N–H and O–H groups in total. The molecule has 116 valence electrons. The van der Waals surface area contributed by atoms with Crippen LogP contribution in [-0.2, 0) is 6.54 Å². The van der Waals surface area contributed by atoms with E-state index in [9.17, 15) is 4.79 Å². The number of nitrogens with two attached hydrogens (primary N) is 1. The standard InChI is InChI=1S/C16H13N3O3S/c17-15(20)10-2-3-11-14(6-10)23-16(19-11)18-7-9-1-4-12-13(5-9)22-8-21-12/h1-6H,7-8H2,(H2,17,20)(H,18,19). The van der Waals surface area contributed by atoms with Crippen LogP contribution in [0, 0.1) is 0 Å². The Balaban J connectivity index is 1.52. The van der Waals surface area contributed by atoms with Gasteiger partial charge in [0.05, 0.1) is 10.2 Å². The van der Waals surface area contributed by atoms with Crippen molar-refractivity contribution < 1.29 is 14.3 Å². The number of hydrogen-bond acceptors (Lipinski definition) is 6. The summed E-state index contributed by atoms with van der Waals surface area (Å²) >= 11 is 1.49. The molecule has 2 heterocycles. The molecule has 0 aliphatic carbocycles. The molecule has 1 aliphatic heterocycles. The molecule has 2 aromatic carbocycles. The highest BCUT2D eigenvalue weighted by Crippen LogP contribution is 2.33. The Hall–Kier alpha value is -2.80. The molecular formula is C16H13N3O3S. The first-order valence-electron chi connectivity index (χ1n) is 7.02. The van der Waals surface area contributed by atoms with Crippen molar-refractivity contribution in [1.82, 2.24) is 4.98 Å². The molecule has 0 bridgehead atoms. The predicted octanol–water partition coefficient (Wildman–Crippen LogP) is 2.74. The fraction of sp³-hybridized carbons (Fsp3) is 0.125. The van der Waals surface area contributed by atoms with Crippen LogP contribution in [0.2, 0.25) is 0 Å². The third-order valence-electron chi connectivity index (χ3n) is 3.55. The lowest BCUT2D eigenvalue weighted by Gasteiger charge is -2.04. The van der Waals surface area contributed by atoms with Crippen molar-refractivity contribution in [1.29, 1.82) is 0 Å². The topological polar surface area (TPSA) is 86.5 Å². The first-order chi connectivity index (χ1) is 11.2. The van der Waals surface area contributed by atoms with Gasteiger partial charge >= 0.3 is 0 Å². The third kappa shape index (κ3) is 2.66. The Labute approximate surface area is 135 Å². The highest BCUT2D eigenvalue weighted by Gasteiger charge is 2.13. The molecule has 1 aliphatic rings. The smallest absolute Gasteiger partial charge is 0.248 e. The molecule has 0 atom stereocenters. The minimum Gasteiger partial charge on any atom is -0.454 e. The van der Waals surface area contributed by atoms with Crippen LogP contribution in [0.15, 0.2) is 36.4 Å². The molecule has 3 aromatic rings. The zero-order valence-electron chi connectivity index (χ0n) is 12.0. The van der Waals surface area contributed by atoms with Gasteiger partial charge in [-0.15, -0.1) is 0 Å². The van der Waals surface area contributed by atoms with Crippen molar-refractivity contribution in [2.45, 2.75) is 6.54 Å². The number of nitrogens with zero attached hydrogens (tertiary/aromatic N) is 1. The molecule has 0 unspecified atom stereocenters. The number of benzene rings is 2. The van der Waals surface area contributed by atoms with Crippen LogP contribution >= 0.6 is 11.3 Å². The fourth-order valence-corrected chi connectivity index (χ4v) is 3.28. The summed E-state index contributed by atoms with van der Waals surface area (Å²) < 4.78 is 11.6. The molecule has 1 amide bonds. The van der Waals surface area contributed by atoms with Gasteiger partial charge in [0.2, 0.25) is 12.7 Å². The molecule has 6 nitrogen and oxygen atoms in total. The van der Waals surface area contributed by atoms with E-state index in [4.69, 9.17) is 15.2 Å². The summed E-state index contributed by atoms with van der Waals surface area (Å²) in [6.45, 7) is 0.894. The van der Waals surface area contributed by atoms with Crippen LogP contribution in [0.1, 0.15) is 15.9 Å². The summed E-state index contributed by atoms with van der Waals surface area (Å²) in [5.41, 5.74) is 7.70. The SMILES string of the molecule is NC(=O)c1ccc2nc(NCc3ccc4c(c3)OCO4)sc2c1. The van der Waals surface area contributed by atoms with Gasteiger partial charge in [-0.2, -0.15) is 0 Å². The Morgan fingerprint density at radius 3 is 2.96 bits per heavy atom. The van der Waals surface area contributed by atoms with Crippen molar-refractivity contribution >= 4 is 32.6 Å². The number of rotatable bonds is 4. The lowest BCUT2D eigenvalue weighted by atomic mass is 10.2. The molecule has 0 saturated heterocycles. The minimum atomic E-state index is -0.435. The zero-order chi connectivity index (χ0) is 15.8. The Morgan fingerprint density at radius 1 is 1.22 bits per heavy atom. The monoisotopic (exact) mass is 327 g/mol. The number of amides is 1. The predicted molar refractivity (Wildman–Crippen MR) is 88.0 cm³/mol. The Morgan fingerprint density at radius 2 is 2.09 bits per heavy atom. The van der Waals surface area contributed by atoms with Gasteiger partial charge in [0.25, 0.3) is 0 Å².